The molecule has 1 atom stereocenters. The fraction of sp³-hybridized carbons (Fsp3) is 0.375. The van der Waals surface area contributed by atoms with E-state index in [1.807, 2.05) is 42.5 Å². The zero-order valence-corrected chi connectivity index (χ0v) is 22.9. The van der Waals surface area contributed by atoms with Crippen LogP contribution in [-0.2, 0) is 28.3 Å². The fourth-order valence-corrected chi connectivity index (χ4v) is 5.97. The summed E-state index contributed by atoms with van der Waals surface area (Å²) >= 11 is 1.56. The summed E-state index contributed by atoms with van der Waals surface area (Å²) in [5.41, 5.74) is 4.20. The Labute approximate surface area is 230 Å². The van der Waals surface area contributed by atoms with E-state index in [0.717, 1.165) is 42.6 Å². The third-order valence-electron chi connectivity index (χ3n) is 7.23. The third kappa shape index (κ3) is 8.19. The number of amides is 2. The topological polar surface area (TPSA) is 49.4 Å². The van der Waals surface area contributed by atoms with Gasteiger partial charge in [-0.2, -0.15) is 0 Å². The molecule has 1 saturated carbocycles. The Morgan fingerprint density at radius 2 is 1.61 bits per heavy atom. The Morgan fingerprint density at radius 1 is 0.921 bits per heavy atom. The van der Waals surface area contributed by atoms with Crippen LogP contribution in [0.1, 0.15) is 54.4 Å². The van der Waals surface area contributed by atoms with Crippen molar-refractivity contribution in [1.82, 2.24) is 10.2 Å². The minimum absolute atomic E-state index is 0.0902. The molecule has 1 aliphatic rings. The number of hydrogen-bond acceptors (Lipinski definition) is 3. The lowest BCUT2D eigenvalue weighted by Gasteiger charge is -2.33. The minimum Gasteiger partial charge on any atom is -0.352 e. The van der Waals surface area contributed by atoms with E-state index < -0.39 is 6.04 Å². The molecule has 3 aromatic carbocycles. The highest BCUT2D eigenvalue weighted by Crippen LogP contribution is 2.22. The van der Waals surface area contributed by atoms with E-state index in [1.54, 1.807) is 28.8 Å². The molecule has 1 N–H and O–H groups in total. The second kappa shape index (κ2) is 14.1. The van der Waals surface area contributed by atoms with Crippen LogP contribution in [0.5, 0.6) is 0 Å². The van der Waals surface area contributed by atoms with Gasteiger partial charge in [0.15, 0.2) is 0 Å². The Hall–Kier alpha value is -3.12. The molecule has 0 aromatic heterocycles. The fourth-order valence-electron chi connectivity index (χ4n) is 4.99. The molecule has 38 heavy (non-hydrogen) atoms. The van der Waals surface area contributed by atoms with Gasteiger partial charge < -0.3 is 10.2 Å². The van der Waals surface area contributed by atoms with Gasteiger partial charge in [0, 0.05) is 24.8 Å². The minimum atomic E-state index is -0.657. The highest BCUT2D eigenvalue weighted by Gasteiger charge is 2.31. The van der Waals surface area contributed by atoms with Gasteiger partial charge in [-0.1, -0.05) is 86.0 Å². The number of carbonyl (C=O) groups is 2. The van der Waals surface area contributed by atoms with Crippen LogP contribution in [0.2, 0.25) is 0 Å². The second-order valence-electron chi connectivity index (χ2n) is 10.1. The Kier molecular flexibility index (Phi) is 10.4. The molecule has 6 heteroatoms. The van der Waals surface area contributed by atoms with Crippen LogP contribution in [-0.4, -0.2) is 34.6 Å². The van der Waals surface area contributed by atoms with Crippen molar-refractivity contribution >= 4 is 23.6 Å². The van der Waals surface area contributed by atoms with E-state index >= 15 is 0 Å². The summed E-state index contributed by atoms with van der Waals surface area (Å²) in [5.74, 6) is 0.460. The van der Waals surface area contributed by atoms with E-state index in [-0.39, 0.29) is 36.0 Å². The monoisotopic (exact) mass is 532 g/mol. The molecule has 0 unspecified atom stereocenters. The molecular weight excluding hydrogens is 495 g/mol. The molecule has 4 rings (SSSR count). The summed E-state index contributed by atoms with van der Waals surface area (Å²) in [6.07, 6.45) is 5.80. The molecule has 0 heterocycles. The zero-order chi connectivity index (χ0) is 26.7. The first kappa shape index (κ1) is 27.9. The van der Waals surface area contributed by atoms with Crippen molar-refractivity contribution in [1.29, 1.82) is 0 Å². The molecule has 0 bridgehead atoms. The summed E-state index contributed by atoms with van der Waals surface area (Å²) in [5, 5.41) is 3.26. The lowest BCUT2D eigenvalue weighted by Crippen LogP contribution is -2.53. The number of nitrogens with one attached hydrogen (secondary N) is 1. The lowest BCUT2D eigenvalue weighted by atomic mass is 9.94. The quantitative estimate of drug-likeness (QED) is 0.309. The van der Waals surface area contributed by atoms with Gasteiger partial charge in [-0.3, -0.25) is 9.59 Å². The summed E-state index contributed by atoms with van der Waals surface area (Å²) in [7, 11) is 0. The normalized spacial score (nSPS) is 14.6. The summed E-state index contributed by atoms with van der Waals surface area (Å²) in [6.45, 7) is 2.32. The highest BCUT2D eigenvalue weighted by molar-refractivity contribution is 7.99. The van der Waals surface area contributed by atoms with Crippen LogP contribution in [0.3, 0.4) is 0 Å². The maximum atomic E-state index is 13.8. The number of thioether (sulfide) groups is 1. The zero-order valence-electron chi connectivity index (χ0n) is 22.1. The van der Waals surface area contributed by atoms with Crippen LogP contribution >= 0.6 is 11.8 Å². The number of benzene rings is 3. The van der Waals surface area contributed by atoms with Gasteiger partial charge in [0.25, 0.3) is 0 Å². The van der Waals surface area contributed by atoms with Crippen LogP contribution in [0.25, 0.3) is 0 Å². The van der Waals surface area contributed by atoms with Crippen LogP contribution < -0.4 is 5.32 Å². The highest BCUT2D eigenvalue weighted by atomic mass is 32.2. The maximum Gasteiger partial charge on any atom is 0.243 e. The van der Waals surface area contributed by atoms with Crippen molar-refractivity contribution in [3.8, 4) is 0 Å². The van der Waals surface area contributed by atoms with Crippen molar-refractivity contribution < 1.29 is 14.0 Å². The van der Waals surface area contributed by atoms with Gasteiger partial charge in [-0.25, -0.2) is 4.39 Å². The van der Waals surface area contributed by atoms with Crippen LogP contribution in [0.15, 0.2) is 78.9 Å². The smallest absolute Gasteiger partial charge is 0.243 e. The summed E-state index contributed by atoms with van der Waals surface area (Å²) in [6, 6.07) is 23.7. The lowest BCUT2D eigenvalue weighted by molar-refractivity contribution is -0.139. The molecule has 4 nitrogen and oxygen atoms in total. The van der Waals surface area contributed by atoms with E-state index in [1.165, 1.54) is 29.7 Å². The van der Waals surface area contributed by atoms with Gasteiger partial charge in [-0.05, 0) is 54.2 Å². The number of aryl methyl sites for hydroxylation is 1. The second-order valence-corrected chi connectivity index (χ2v) is 11.1. The molecule has 0 spiro atoms. The predicted molar refractivity (Wildman–Crippen MR) is 153 cm³/mol. The Balaban J connectivity index is 1.56. The van der Waals surface area contributed by atoms with Gasteiger partial charge in [0.1, 0.15) is 11.9 Å². The Morgan fingerprint density at radius 3 is 2.32 bits per heavy atom. The molecule has 1 fully saturated rings. The van der Waals surface area contributed by atoms with Crippen molar-refractivity contribution in [3.63, 3.8) is 0 Å². The van der Waals surface area contributed by atoms with Gasteiger partial charge >= 0.3 is 0 Å². The van der Waals surface area contributed by atoms with Crippen molar-refractivity contribution in [3.05, 3.63) is 107 Å². The number of hydrogen-bond donors (Lipinski definition) is 1. The van der Waals surface area contributed by atoms with E-state index in [9.17, 15) is 14.0 Å². The van der Waals surface area contributed by atoms with E-state index in [0.29, 0.717) is 6.42 Å². The maximum absolute atomic E-state index is 13.8. The van der Waals surface area contributed by atoms with Gasteiger partial charge in [0.2, 0.25) is 11.8 Å². The van der Waals surface area contributed by atoms with Crippen LogP contribution in [0, 0.1) is 12.7 Å². The summed E-state index contributed by atoms with van der Waals surface area (Å²) < 4.78 is 13.6. The van der Waals surface area contributed by atoms with E-state index in [4.69, 9.17) is 0 Å². The number of nitrogens with zero attached hydrogens (tertiary/aromatic N) is 1. The Bertz CT molecular complexity index is 1180. The van der Waals surface area contributed by atoms with Crippen LogP contribution in [0.4, 0.5) is 4.39 Å². The number of rotatable bonds is 11. The van der Waals surface area contributed by atoms with Crippen molar-refractivity contribution in [2.45, 2.75) is 69.8 Å². The molecule has 200 valence electrons. The summed E-state index contributed by atoms with van der Waals surface area (Å²) in [4.78, 5) is 29.2. The molecular formula is C32H37FN2O2S. The average Bonchev–Trinajstić information content (AvgIpc) is 2.94. The molecule has 1 aliphatic carbocycles. The standard InChI is InChI=1S/C32H37FN2O2S/c1-24-10-8-9-13-27(24)22-38-23-31(36)35(21-26-16-18-28(33)19-17-26)30(20-25-11-4-2-5-12-25)32(37)34-29-14-6-3-7-15-29/h2,4-5,8-13,16-19,29-30H,3,6-7,14-15,20-23H2,1H3,(H,34,37)/t30-/m1/s1. The molecule has 0 saturated heterocycles. The third-order valence-corrected chi connectivity index (χ3v) is 8.20. The number of carbonyl (C=O) groups excluding carboxylic acids is 2. The largest absolute Gasteiger partial charge is 0.352 e. The van der Waals surface area contributed by atoms with Crippen molar-refractivity contribution in [2.75, 3.05) is 5.75 Å². The SMILES string of the molecule is Cc1ccccc1CSCC(=O)N(Cc1ccc(F)cc1)[C@H](Cc1ccccc1)C(=O)NC1CCCCC1. The average molecular weight is 533 g/mol. The molecule has 0 aliphatic heterocycles. The number of halogens is 1. The molecule has 3 aromatic rings. The molecule has 2 amide bonds. The molecule has 0 radical (unpaired) electrons. The first-order valence-electron chi connectivity index (χ1n) is 13.5. The van der Waals surface area contributed by atoms with Gasteiger partial charge in [0.05, 0.1) is 5.75 Å². The van der Waals surface area contributed by atoms with Crippen molar-refractivity contribution in [2.24, 2.45) is 0 Å². The van der Waals surface area contributed by atoms with Gasteiger partial charge in [-0.15, -0.1) is 11.8 Å². The first-order chi connectivity index (χ1) is 18.5. The predicted octanol–water partition coefficient (Wildman–Crippen LogP) is 6.46. The first-order valence-corrected chi connectivity index (χ1v) is 14.7. The van der Waals surface area contributed by atoms with E-state index in [2.05, 4.69) is 24.4 Å².